The SMILES string of the molecule is CO[Si](OC)(c1ccccc1)C(C)CC(CC(C)[Si](OC)(OC)c1ccccc1)(CC(C)[Si](OC)(OC)c1ccccc1)O[SiH3]. The molecule has 0 fully saturated rings. The predicted octanol–water partition coefficient (Wildman–Crippen LogP) is 4.29. The van der Waals surface area contributed by atoms with Crippen molar-refractivity contribution >= 4 is 51.7 Å². The first-order valence-electron chi connectivity index (χ1n) is 15.7. The highest BCUT2D eigenvalue weighted by molar-refractivity contribution is 6.83. The van der Waals surface area contributed by atoms with Crippen LogP contribution in [0.4, 0.5) is 0 Å². The molecule has 0 N–H and O–H groups in total. The van der Waals surface area contributed by atoms with Gasteiger partial charge in [-0.1, -0.05) is 112 Å². The van der Waals surface area contributed by atoms with E-state index < -0.39 is 31.3 Å². The molecule has 0 radical (unpaired) electrons. The van der Waals surface area contributed by atoms with Gasteiger partial charge in [0.1, 0.15) is 10.5 Å². The third kappa shape index (κ3) is 7.70. The van der Waals surface area contributed by atoms with Gasteiger partial charge < -0.3 is 31.0 Å². The largest absolute Gasteiger partial charge is 0.422 e. The van der Waals surface area contributed by atoms with Gasteiger partial charge in [-0.15, -0.1) is 0 Å². The van der Waals surface area contributed by atoms with Gasteiger partial charge in [-0.25, -0.2) is 0 Å². The Morgan fingerprint density at radius 1 is 0.467 bits per heavy atom. The molecule has 0 aliphatic rings. The summed E-state index contributed by atoms with van der Waals surface area (Å²) in [5.74, 6) is 0. The zero-order valence-corrected chi connectivity index (χ0v) is 33.9. The Balaban J connectivity index is 2.15. The van der Waals surface area contributed by atoms with E-state index in [2.05, 4.69) is 93.6 Å². The molecule has 0 aliphatic heterocycles. The van der Waals surface area contributed by atoms with Gasteiger partial charge in [-0.3, -0.25) is 0 Å². The van der Waals surface area contributed by atoms with E-state index in [1.54, 1.807) is 42.7 Å². The Bertz CT molecular complexity index is 1100. The fourth-order valence-electron chi connectivity index (χ4n) is 7.61. The van der Waals surface area contributed by atoms with Crippen LogP contribution in [0.3, 0.4) is 0 Å². The third-order valence-corrected chi connectivity index (χ3v) is 22.2. The smallest absolute Gasteiger partial charge is 0.375 e. The van der Waals surface area contributed by atoms with Crippen molar-refractivity contribution in [1.82, 2.24) is 0 Å². The van der Waals surface area contributed by atoms with Gasteiger partial charge in [0.25, 0.3) is 0 Å². The first kappa shape index (κ1) is 37.7. The van der Waals surface area contributed by atoms with E-state index in [4.69, 9.17) is 31.0 Å². The van der Waals surface area contributed by atoms with E-state index in [0.29, 0.717) is 10.5 Å². The Morgan fingerprint density at radius 3 is 0.867 bits per heavy atom. The van der Waals surface area contributed by atoms with Crippen molar-refractivity contribution in [2.45, 2.75) is 62.3 Å². The molecule has 0 amide bonds. The molecule has 0 aliphatic carbocycles. The fourth-order valence-corrected chi connectivity index (χ4v) is 18.0. The maximum Gasteiger partial charge on any atom is 0.375 e. The predicted molar refractivity (Wildman–Crippen MR) is 193 cm³/mol. The van der Waals surface area contributed by atoms with Crippen LogP contribution in [-0.2, 0) is 31.0 Å². The lowest BCUT2D eigenvalue weighted by molar-refractivity contribution is 0.0356. The van der Waals surface area contributed by atoms with Gasteiger partial charge in [0.15, 0.2) is 0 Å². The summed E-state index contributed by atoms with van der Waals surface area (Å²) in [5.41, 5.74) is -0.389. The molecule has 0 aromatic heterocycles. The quantitative estimate of drug-likeness (QED) is 0.175. The second kappa shape index (κ2) is 16.9. The molecule has 0 saturated carbocycles. The molecule has 3 atom stereocenters. The monoisotopic (exact) mass is 686 g/mol. The van der Waals surface area contributed by atoms with Gasteiger partial charge >= 0.3 is 25.7 Å². The lowest BCUT2D eigenvalue weighted by atomic mass is 9.87. The third-order valence-electron chi connectivity index (χ3n) is 9.76. The van der Waals surface area contributed by atoms with E-state index in [-0.39, 0.29) is 16.6 Å². The zero-order valence-electron chi connectivity index (χ0n) is 28.9. The van der Waals surface area contributed by atoms with Crippen LogP contribution < -0.4 is 15.6 Å². The highest BCUT2D eigenvalue weighted by Crippen LogP contribution is 2.46. The van der Waals surface area contributed by atoms with Crippen LogP contribution in [0.15, 0.2) is 91.0 Å². The fraction of sp³-hybridized carbons (Fsp3) is 0.471. The van der Waals surface area contributed by atoms with Crippen molar-refractivity contribution in [3.63, 3.8) is 0 Å². The molecule has 0 bridgehead atoms. The summed E-state index contributed by atoms with van der Waals surface area (Å²) in [7, 11) is 2.60. The van der Waals surface area contributed by atoms with Crippen molar-refractivity contribution in [3.8, 4) is 0 Å². The summed E-state index contributed by atoms with van der Waals surface area (Å²) in [6, 6.07) is 31.1. The average Bonchev–Trinajstić information content (AvgIpc) is 3.08. The Labute approximate surface area is 277 Å². The van der Waals surface area contributed by atoms with Crippen LogP contribution in [0.1, 0.15) is 40.0 Å². The van der Waals surface area contributed by atoms with E-state index in [0.717, 1.165) is 34.8 Å². The second-order valence-electron chi connectivity index (χ2n) is 12.0. The Hall–Kier alpha value is -1.75. The highest BCUT2D eigenvalue weighted by atomic mass is 28.4. The van der Waals surface area contributed by atoms with Crippen molar-refractivity contribution < 1.29 is 31.0 Å². The molecule has 3 aromatic carbocycles. The first-order valence-corrected chi connectivity index (χ1v) is 22.2. The maximum atomic E-state index is 6.88. The number of rotatable bonds is 19. The lowest BCUT2D eigenvalue weighted by Gasteiger charge is -2.46. The van der Waals surface area contributed by atoms with Crippen LogP contribution in [-0.4, -0.2) is 84.4 Å². The summed E-state index contributed by atoms with van der Waals surface area (Å²) in [5, 5.41) is 3.32. The maximum absolute atomic E-state index is 6.88. The second-order valence-corrected chi connectivity index (χ2v) is 23.6. The molecular formula is C34H54O7Si4. The van der Waals surface area contributed by atoms with Crippen LogP contribution in [0.25, 0.3) is 0 Å². The minimum Gasteiger partial charge on any atom is -0.422 e. The van der Waals surface area contributed by atoms with E-state index in [1.165, 1.54) is 0 Å². The summed E-state index contributed by atoms with van der Waals surface area (Å²) < 4.78 is 45.2. The molecule has 45 heavy (non-hydrogen) atoms. The van der Waals surface area contributed by atoms with Crippen LogP contribution in [0.5, 0.6) is 0 Å². The first-order chi connectivity index (χ1) is 21.6. The summed E-state index contributed by atoms with van der Waals surface area (Å²) >= 11 is 0. The molecule has 3 rings (SSSR count). The number of hydrogen-bond acceptors (Lipinski definition) is 7. The van der Waals surface area contributed by atoms with Gasteiger partial charge in [0, 0.05) is 59.3 Å². The zero-order chi connectivity index (χ0) is 33.1. The molecule has 0 saturated heterocycles. The van der Waals surface area contributed by atoms with Gasteiger partial charge in [-0.2, -0.15) is 0 Å². The van der Waals surface area contributed by atoms with E-state index in [1.807, 2.05) is 18.2 Å². The number of benzene rings is 3. The summed E-state index contributed by atoms with van der Waals surface area (Å²) in [6.07, 6.45) is 2.19. The lowest BCUT2D eigenvalue weighted by Crippen LogP contribution is -2.60. The Morgan fingerprint density at radius 2 is 0.689 bits per heavy atom. The summed E-state index contributed by atoms with van der Waals surface area (Å²) in [6.45, 7) is 6.75. The van der Waals surface area contributed by atoms with E-state index in [9.17, 15) is 0 Å². The molecular weight excluding hydrogens is 633 g/mol. The van der Waals surface area contributed by atoms with Crippen molar-refractivity contribution in [1.29, 1.82) is 0 Å². The molecule has 0 spiro atoms. The van der Waals surface area contributed by atoms with Crippen LogP contribution in [0.2, 0.25) is 16.6 Å². The van der Waals surface area contributed by atoms with Gasteiger partial charge in [0.2, 0.25) is 0 Å². The van der Waals surface area contributed by atoms with E-state index >= 15 is 0 Å². The topological polar surface area (TPSA) is 64.6 Å². The molecule has 248 valence electrons. The van der Waals surface area contributed by atoms with Gasteiger partial charge in [-0.05, 0) is 34.8 Å². The molecule has 3 unspecified atom stereocenters. The number of hydrogen-bond donors (Lipinski definition) is 0. The van der Waals surface area contributed by atoms with Crippen molar-refractivity contribution in [2.24, 2.45) is 0 Å². The molecule has 0 heterocycles. The molecule has 7 nitrogen and oxygen atoms in total. The normalized spacial score (nSPS) is 16.2. The highest BCUT2D eigenvalue weighted by Gasteiger charge is 2.54. The van der Waals surface area contributed by atoms with Crippen molar-refractivity contribution in [2.75, 3.05) is 42.7 Å². The minimum absolute atomic E-state index is 0.0546. The average molecular weight is 687 g/mol. The molecule has 11 heteroatoms. The standard InChI is InChI=1S/C34H54O7Si4/c1-28(43(35-4,36-5)31-19-13-10-14-20-31)25-34(41-42,26-29(2)44(37-6,38-7)32-21-15-11-16-22-32)27-30(3)45(39-8,40-9)33-23-17-12-18-24-33/h10-24,28-30H,25-27H2,1-9,42H3. The van der Waals surface area contributed by atoms with Crippen LogP contribution >= 0.6 is 0 Å². The van der Waals surface area contributed by atoms with Crippen LogP contribution in [0, 0.1) is 0 Å². The Kier molecular flexibility index (Phi) is 14.1. The van der Waals surface area contributed by atoms with Gasteiger partial charge in [0.05, 0.1) is 5.60 Å². The van der Waals surface area contributed by atoms with Crippen molar-refractivity contribution in [3.05, 3.63) is 91.0 Å². The molecule has 3 aromatic rings. The minimum atomic E-state index is -2.87. The summed E-state index contributed by atoms with van der Waals surface area (Å²) in [4.78, 5) is 0.